The van der Waals surface area contributed by atoms with Gasteiger partial charge in [0.1, 0.15) is 5.54 Å². The molecule has 0 aliphatic carbocycles. The predicted octanol–water partition coefficient (Wildman–Crippen LogP) is 2.17. The second-order valence-corrected chi connectivity index (χ2v) is 3.96. The van der Waals surface area contributed by atoms with Gasteiger partial charge < -0.3 is 5.73 Å². The van der Waals surface area contributed by atoms with Gasteiger partial charge in [-0.05, 0) is 37.8 Å². The largest absolute Gasteiger partial charge is 0.314 e. The van der Waals surface area contributed by atoms with Crippen LogP contribution in [0.5, 0.6) is 0 Å². The lowest BCUT2D eigenvalue weighted by atomic mass is 9.94. The first-order valence-electron chi connectivity index (χ1n) is 4.80. The van der Waals surface area contributed by atoms with Crippen LogP contribution in [0.1, 0.15) is 24.5 Å². The third kappa shape index (κ3) is 2.86. The van der Waals surface area contributed by atoms with Crippen molar-refractivity contribution in [1.29, 1.82) is 5.26 Å². The van der Waals surface area contributed by atoms with Crippen molar-refractivity contribution in [2.75, 3.05) is 0 Å². The molecule has 2 nitrogen and oxygen atoms in total. The number of hydrogen-bond donors (Lipinski definition) is 1. The fourth-order valence-electron chi connectivity index (χ4n) is 1.34. The van der Waals surface area contributed by atoms with Crippen molar-refractivity contribution >= 4 is 0 Å². The van der Waals surface area contributed by atoms with Gasteiger partial charge in [-0.3, -0.25) is 0 Å². The normalized spacial score (nSPS) is 14.4. The zero-order valence-corrected chi connectivity index (χ0v) is 8.75. The molecule has 0 heterocycles. The third-order valence-corrected chi connectivity index (χ3v) is 2.43. The molecule has 74 valence electrons. The highest BCUT2D eigenvalue weighted by Crippen LogP contribution is 2.14. The third-order valence-electron chi connectivity index (χ3n) is 2.43. The number of nitrogens with two attached hydrogens (primary N) is 1. The molecule has 0 spiro atoms. The van der Waals surface area contributed by atoms with E-state index in [1.54, 1.807) is 6.92 Å². The highest BCUT2D eigenvalue weighted by Gasteiger charge is 2.16. The number of aryl methyl sites for hydroxylation is 2. The van der Waals surface area contributed by atoms with E-state index < -0.39 is 5.54 Å². The summed E-state index contributed by atoms with van der Waals surface area (Å²) < 4.78 is 0. The molecule has 0 saturated carbocycles. The molecule has 0 aromatic heterocycles. The average molecular weight is 188 g/mol. The maximum absolute atomic E-state index is 8.77. The monoisotopic (exact) mass is 188 g/mol. The van der Waals surface area contributed by atoms with Gasteiger partial charge in [-0.25, -0.2) is 0 Å². The van der Waals surface area contributed by atoms with Gasteiger partial charge in [0.25, 0.3) is 0 Å². The Balaban J connectivity index is 2.64. The molecular formula is C12H16N2. The van der Waals surface area contributed by atoms with Gasteiger partial charge in [0.15, 0.2) is 0 Å². The van der Waals surface area contributed by atoms with Crippen LogP contribution in [0, 0.1) is 18.3 Å². The summed E-state index contributed by atoms with van der Waals surface area (Å²) in [4.78, 5) is 0. The summed E-state index contributed by atoms with van der Waals surface area (Å²) in [5, 5.41) is 8.77. The SMILES string of the molecule is Cc1ccccc1CCC(C)(N)C#N. The predicted molar refractivity (Wildman–Crippen MR) is 57.7 cm³/mol. The van der Waals surface area contributed by atoms with E-state index in [1.165, 1.54) is 11.1 Å². The van der Waals surface area contributed by atoms with Gasteiger partial charge in [-0.1, -0.05) is 24.3 Å². The molecular weight excluding hydrogens is 172 g/mol. The van der Waals surface area contributed by atoms with Crippen LogP contribution in [0.3, 0.4) is 0 Å². The molecule has 1 aromatic carbocycles. The second kappa shape index (κ2) is 4.26. The van der Waals surface area contributed by atoms with Crippen LogP contribution >= 0.6 is 0 Å². The molecule has 1 atom stereocenters. The van der Waals surface area contributed by atoms with Crippen LogP contribution < -0.4 is 5.73 Å². The standard InChI is InChI=1S/C12H16N2/c1-10-5-3-4-6-11(10)7-8-12(2,14)9-13/h3-6H,7-8,14H2,1-2H3. The van der Waals surface area contributed by atoms with Crippen molar-refractivity contribution in [3.05, 3.63) is 35.4 Å². The maximum atomic E-state index is 8.77. The van der Waals surface area contributed by atoms with Gasteiger partial charge in [-0.15, -0.1) is 0 Å². The Hall–Kier alpha value is -1.33. The van der Waals surface area contributed by atoms with Crippen molar-refractivity contribution in [1.82, 2.24) is 0 Å². The van der Waals surface area contributed by atoms with Crippen LogP contribution in [0.25, 0.3) is 0 Å². The highest BCUT2D eigenvalue weighted by molar-refractivity contribution is 5.26. The smallest absolute Gasteiger partial charge is 0.101 e. The minimum atomic E-state index is -0.706. The summed E-state index contributed by atoms with van der Waals surface area (Å²) in [7, 11) is 0. The number of hydrogen-bond acceptors (Lipinski definition) is 2. The van der Waals surface area contributed by atoms with E-state index in [1.807, 2.05) is 12.1 Å². The Morgan fingerprint density at radius 2 is 2.07 bits per heavy atom. The van der Waals surface area contributed by atoms with Crippen molar-refractivity contribution in [2.24, 2.45) is 5.73 Å². The number of rotatable bonds is 3. The lowest BCUT2D eigenvalue weighted by Gasteiger charge is -2.15. The Morgan fingerprint density at radius 3 is 2.64 bits per heavy atom. The number of nitriles is 1. The zero-order chi connectivity index (χ0) is 10.6. The average Bonchev–Trinajstić information content (AvgIpc) is 2.17. The van der Waals surface area contributed by atoms with E-state index in [2.05, 4.69) is 25.1 Å². The molecule has 0 aliphatic heterocycles. The summed E-state index contributed by atoms with van der Waals surface area (Å²) >= 11 is 0. The summed E-state index contributed by atoms with van der Waals surface area (Å²) in [5.74, 6) is 0. The molecule has 1 unspecified atom stereocenters. The molecule has 0 fully saturated rings. The van der Waals surface area contributed by atoms with Crippen LogP contribution in [0.2, 0.25) is 0 Å². The molecule has 0 bridgehead atoms. The van der Waals surface area contributed by atoms with E-state index in [0.29, 0.717) is 6.42 Å². The van der Waals surface area contributed by atoms with E-state index >= 15 is 0 Å². The van der Waals surface area contributed by atoms with Gasteiger partial charge in [0, 0.05) is 0 Å². The van der Waals surface area contributed by atoms with Crippen molar-refractivity contribution in [3.8, 4) is 6.07 Å². The topological polar surface area (TPSA) is 49.8 Å². The van der Waals surface area contributed by atoms with Gasteiger partial charge in [0.05, 0.1) is 6.07 Å². The maximum Gasteiger partial charge on any atom is 0.101 e. The Labute approximate surface area is 85.4 Å². The minimum Gasteiger partial charge on any atom is -0.314 e. The lowest BCUT2D eigenvalue weighted by Crippen LogP contribution is -2.34. The summed E-state index contributed by atoms with van der Waals surface area (Å²) in [6, 6.07) is 10.3. The van der Waals surface area contributed by atoms with Gasteiger partial charge >= 0.3 is 0 Å². The molecule has 2 N–H and O–H groups in total. The van der Waals surface area contributed by atoms with E-state index in [9.17, 15) is 0 Å². The lowest BCUT2D eigenvalue weighted by molar-refractivity contribution is 0.546. The molecule has 0 radical (unpaired) electrons. The Bertz CT molecular complexity index is 348. The molecule has 1 aromatic rings. The summed E-state index contributed by atoms with van der Waals surface area (Å²) in [6.07, 6.45) is 1.57. The van der Waals surface area contributed by atoms with Gasteiger partial charge in [-0.2, -0.15) is 5.26 Å². The molecule has 1 rings (SSSR count). The first kappa shape index (κ1) is 10.7. The van der Waals surface area contributed by atoms with E-state index in [-0.39, 0.29) is 0 Å². The van der Waals surface area contributed by atoms with Crippen LogP contribution in [0.15, 0.2) is 24.3 Å². The summed E-state index contributed by atoms with van der Waals surface area (Å²) in [5.41, 5.74) is 7.59. The highest BCUT2D eigenvalue weighted by atomic mass is 14.7. The fraction of sp³-hybridized carbons (Fsp3) is 0.417. The minimum absolute atomic E-state index is 0.703. The number of nitrogens with zero attached hydrogens (tertiary/aromatic N) is 1. The molecule has 0 amide bonds. The Morgan fingerprint density at radius 1 is 1.43 bits per heavy atom. The van der Waals surface area contributed by atoms with Crippen molar-refractivity contribution in [2.45, 2.75) is 32.2 Å². The first-order chi connectivity index (χ1) is 6.55. The van der Waals surface area contributed by atoms with Crippen molar-refractivity contribution < 1.29 is 0 Å². The molecule has 2 heteroatoms. The quantitative estimate of drug-likeness (QED) is 0.790. The fourth-order valence-corrected chi connectivity index (χ4v) is 1.34. The van der Waals surface area contributed by atoms with Crippen LogP contribution in [0.4, 0.5) is 0 Å². The molecule has 0 saturated heterocycles. The van der Waals surface area contributed by atoms with Crippen molar-refractivity contribution in [3.63, 3.8) is 0 Å². The Kier molecular flexibility index (Phi) is 3.27. The first-order valence-corrected chi connectivity index (χ1v) is 4.80. The zero-order valence-electron chi connectivity index (χ0n) is 8.75. The number of benzene rings is 1. The van der Waals surface area contributed by atoms with E-state index in [0.717, 1.165) is 6.42 Å². The second-order valence-electron chi connectivity index (χ2n) is 3.96. The summed E-state index contributed by atoms with van der Waals surface area (Å²) in [6.45, 7) is 3.85. The molecule has 0 aliphatic rings. The van der Waals surface area contributed by atoms with Crippen LogP contribution in [-0.4, -0.2) is 5.54 Å². The van der Waals surface area contributed by atoms with Crippen LogP contribution in [-0.2, 0) is 6.42 Å². The van der Waals surface area contributed by atoms with Gasteiger partial charge in [0.2, 0.25) is 0 Å². The molecule has 14 heavy (non-hydrogen) atoms. The van der Waals surface area contributed by atoms with E-state index in [4.69, 9.17) is 11.0 Å².